The number of amides is 2. The Balaban J connectivity index is 1.37. The molecule has 10 heteroatoms. The molecular weight excluding hydrogens is 469 g/mol. The Morgan fingerprint density at radius 2 is 1.79 bits per heavy atom. The second-order valence-electron chi connectivity index (χ2n) is 8.32. The fraction of sp³-hybridized carbons (Fsp3) is 0.375. The smallest absolute Gasteiger partial charge is 0.347 e. The number of hydrogen-bond donors (Lipinski definition) is 1. The molecule has 0 unspecified atom stereocenters. The molecule has 34 heavy (non-hydrogen) atoms. The molecule has 1 aliphatic rings. The number of halogens is 4. The summed E-state index contributed by atoms with van der Waals surface area (Å²) in [5.41, 5.74) is 3.70. The topological polar surface area (TPSA) is 66.7 Å². The Kier molecular flexibility index (Phi) is 6.84. The summed E-state index contributed by atoms with van der Waals surface area (Å²) in [6.45, 7) is 2.42. The van der Waals surface area contributed by atoms with Crippen molar-refractivity contribution in [1.82, 2.24) is 19.6 Å². The van der Waals surface area contributed by atoms with Crippen molar-refractivity contribution < 1.29 is 22.8 Å². The van der Waals surface area contributed by atoms with Crippen molar-refractivity contribution in [1.29, 1.82) is 0 Å². The van der Waals surface area contributed by atoms with Crippen LogP contribution in [0.4, 0.5) is 13.2 Å². The molecule has 0 spiro atoms. The number of aromatic nitrogens is 2. The summed E-state index contributed by atoms with van der Waals surface area (Å²) in [7, 11) is 0. The van der Waals surface area contributed by atoms with Crippen molar-refractivity contribution in [3.8, 4) is 0 Å². The highest BCUT2D eigenvalue weighted by atomic mass is 35.5. The number of nitrogens with one attached hydrogen (secondary N) is 1. The number of pyridine rings is 1. The van der Waals surface area contributed by atoms with Gasteiger partial charge in [0.2, 0.25) is 0 Å². The van der Waals surface area contributed by atoms with Crippen LogP contribution >= 0.6 is 11.6 Å². The number of likely N-dealkylation sites (tertiary alicyclic amines) is 1. The highest BCUT2D eigenvalue weighted by Gasteiger charge is 2.43. The van der Waals surface area contributed by atoms with Gasteiger partial charge < -0.3 is 10.2 Å². The van der Waals surface area contributed by atoms with Crippen molar-refractivity contribution in [2.75, 3.05) is 13.1 Å². The average molecular weight is 493 g/mol. The van der Waals surface area contributed by atoms with Gasteiger partial charge in [0.05, 0.1) is 10.7 Å². The highest BCUT2D eigenvalue weighted by Crippen LogP contribution is 2.30. The maximum Gasteiger partial charge on any atom is 0.471 e. The van der Waals surface area contributed by atoms with E-state index in [2.05, 4.69) is 10.3 Å². The zero-order valence-corrected chi connectivity index (χ0v) is 19.3. The van der Waals surface area contributed by atoms with Crippen LogP contribution in [0.3, 0.4) is 0 Å². The van der Waals surface area contributed by atoms with Crippen LogP contribution in [-0.2, 0) is 17.8 Å². The minimum absolute atomic E-state index is 0.0872. The largest absolute Gasteiger partial charge is 0.471 e. The zero-order chi connectivity index (χ0) is 24.5. The Morgan fingerprint density at radius 3 is 2.41 bits per heavy atom. The molecule has 0 bridgehead atoms. The minimum Gasteiger partial charge on any atom is -0.347 e. The molecule has 4 rings (SSSR count). The Morgan fingerprint density at radius 1 is 1.12 bits per heavy atom. The first-order valence-electron chi connectivity index (χ1n) is 11.1. The predicted molar refractivity (Wildman–Crippen MR) is 122 cm³/mol. The number of hydrogen-bond acceptors (Lipinski definition) is 3. The van der Waals surface area contributed by atoms with Gasteiger partial charge in [0.1, 0.15) is 11.3 Å². The molecule has 0 atom stereocenters. The van der Waals surface area contributed by atoms with Gasteiger partial charge in [0.15, 0.2) is 0 Å². The van der Waals surface area contributed by atoms with E-state index in [0.717, 1.165) is 16.0 Å². The van der Waals surface area contributed by atoms with E-state index >= 15 is 0 Å². The lowest BCUT2D eigenvalue weighted by Crippen LogP contribution is -2.45. The maximum absolute atomic E-state index is 12.9. The number of alkyl halides is 3. The number of piperidine rings is 1. The lowest BCUT2D eigenvalue weighted by atomic mass is 9.89. The quantitative estimate of drug-likeness (QED) is 0.559. The number of rotatable bonds is 5. The molecule has 1 saturated heterocycles. The Bertz CT molecular complexity index is 1200. The first-order chi connectivity index (χ1) is 16.2. The van der Waals surface area contributed by atoms with E-state index in [1.54, 1.807) is 22.7 Å². The summed E-state index contributed by atoms with van der Waals surface area (Å²) in [6, 6.07) is 11.1. The van der Waals surface area contributed by atoms with Gasteiger partial charge in [-0.05, 0) is 48.4 Å². The summed E-state index contributed by atoms with van der Waals surface area (Å²) in [4.78, 5) is 29.7. The highest BCUT2D eigenvalue weighted by molar-refractivity contribution is 6.30. The SMILES string of the molecule is CCc1nc2ccc(Cl)cn2c1C(=O)NCc1ccc(C2CCN(C(=O)C(F)(F)F)CC2)cc1. The van der Waals surface area contributed by atoms with E-state index in [9.17, 15) is 22.8 Å². The molecule has 0 radical (unpaired) electrons. The number of aryl methyl sites for hydroxylation is 1. The lowest BCUT2D eigenvalue weighted by Gasteiger charge is -2.32. The van der Waals surface area contributed by atoms with Gasteiger partial charge in [-0.15, -0.1) is 0 Å². The number of carbonyl (C=O) groups is 2. The molecule has 3 aromatic rings. The second-order valence-corrected chi connectivity index (χ2v) is 8.76. The average Bonchev–Trinajstić information content (AvgIpc) is 3.19. The van der Waals surface area contributed by atoms with Crippen molar-refractivity contribution >= 4 is 29.1 Å². The Hall–Kier alpha value is -3.07. The third kappa shape index (κ3) is 5.04. The number of benzene rings is 1. The van der Waals surface area contributed by atoms with Gasteiger partial charge in [0, 0.05) is 25.8 Å². The number of fused-ring (bicyclic) bond motifs is 1. The molecule has 6 nitrogen and oxygen atoms in total. The van der Waals surface area contributed by atoms with Gasteiger partial charge in [-0.25, -0.2) is 4.98 Å². The molecule has 0 aliphatic carbocycles. The maximum atomic E-state index is 12.9. The van der Waals surface area contributed by atoms with Crippen LogP contribution < -0.4 is 5.32 Å². The fourth-order valence-corrected chi connectivity index (χ4v) is 4.48. The monoisotopic (exact) mass is 492 g/mol. The van der Waals surface area contributed by atoms with Crippen LogP contribution in [0.2, 0.25) is 5.02 Å². The van der Waals surface area contributed by atoms with Crippen molar-refractivity contribution in [2.45, 2.75) is 44.8 Å². The van der Waals surface area contributed by atoms with Crippen LogP contribution in [0.5, 0.6) is 0 Å². The van der Waals surface area contributed by atoms with Gasteiger partial charge in [-0.3, -0.25) is 14.0 Å². The van der Waals surface area contributed by atoms with Gasteiger partial charge in [-0.2, -0.15) is 13.2 Å². The molecule has 2 amide bonds. The van der Waals surface area contributed by atoms with Crippen LogP contribution in [0, 0.1) is 0 Å². The lowest BCUT2D eigenvalue weighted by molar-refractivity contribution is -0.186. The van der Waals surface area contributed by atoms with Crippen molar-refractivity contribution in [3.63, 3.8) is 0 Å². The van der Waals surface area contributed by atoms with Crippen molar-refractivity contribution in [2.24, 2.45) is 0 Å². The first kappa shape index (κ1) is 24.1. The van der Waals surface area contributed by atoms with E-state index in [0.29, 0.717) is 47.9 Å². The van der Waals surface area contributed by atoms with E-state index in [4.69, 9.17) is 11.6 Å². The Labute approximate surface area is 199 Å². The molecule has 2 aromatic heterocycles. The summed E-state index contributed by atoms with van der Waals surface area (Å²) < 4.78 is 39.6. The van der Waals surface area contributed by atoms with E-state index < -0.39 is 12.1 Å². The summed E-state index contributed by atoms with van der Waals surface area (Å²) in [6.07, 6.45) is -1.60. The van der Waals surface area contributed by atoms with E-state index in [1.165, 1.54) is 0 Å². The fourth-order valence-electron chi connectivity index (χ4n) is 4.32. The van der Waals surface area contributed by atoms with E-state index in [1.807, 2.05) is 31.2 Å². The molecule has 0 saturated carbocycles. The number of imidazole rings is 1. The molecule has 180 valence electrons. The summed E-state index contributed by atoms with van der Waals surface area (Å²) in [5, 5.41) is 3.43. The molecule has 1 aliphatic heterocycles. The van der Waals surface area contributed by atoms with E-state index in [-0.39, 0.29) is 24.9 Å². The molecule has 1 aromatic carbocycles. The molecular formula is C24H24ClF3N4O2. The zero-order valence-electron chi connectivity index (χ0n) is 18.5. The molecule has 3 heterocycles. The second kappa shape index (κ2) is 9.66. The molecule has 1 fully saturated rings. The van der Waals surface area contributed by atoms with Gasteiger partial charge in [-0.1, -0.05) is 42.8 Å². The van der Waals surface area contributed by atoms with Gasteiger partial charge in [0.25, 0.3) is 5.91 Å². The number of nitrogens with zero attached hydrogens (tertiary/aromatic N) is 3. The van der Waals surface area contributed by atoms with Crippen LogP contribution in [0.25, 0.3) is 5.65 Å². The molecule has 1 N–H and O–H groups in total. The normalized spacial score (nSPS) is 15.0. The van der Waals surface area contributed by atoms with Crippen LogP contribution in [0.1, 0.15) is 53.0 Å². The standard InChI is InChI=1S/C24H24ClF3N4O2/c1-2-19-21(32-14-18(25)7-8-20(32)30-19)22(33)29-13-15-3-5-16(6-4-15)17-9-11-31(12-10-17)23(34)24(26,27)28/h3-8,14,17H,2,9-13H2,1H3,(H,29,33). The third-order valence-electron chi connectivity index (χ3n) is 6.13. The first-order valence-corrected chi connectivity index (χ1v) is 11.4. The third-order valence-corrected chi connectivity index (χ3v) is 6.36. The predicted octanol–water partition coefficient (Wildman–Crippen LogP) is 4.75. The van der Waals surface area contributed by atoms with Crippen LogP contribution in [-0.4, -0.2) is 45.4 Å². The minimum atomic E-state index is -4.83. The summed E-state index contributed by atoms with van der Waals surface area (Å²) >= 11 is 6.09. The van der Waals surface area contributed by atoms with Gasteiger partial charge >= 0.3 is 12.1 Å². The van der Waals surface area contributed by atoms with Crippen LogP contribution in [0.15, 0.2) is 42.6 Å². The van der Waals surface area contributed by atoms with Crippen molar-refractivity contribution in [3.05, 3.63) is 70.1 Å². The number of carbonyl (C=O) groups excluding carboxylic acids is 2. The summed E-state index contributed by atoms with van der Waals surface area (Å²) in [5.74, 6) is -1.93.